The number of carbonyl (C=O) groups excluding carboxylic acids is 1. The first kappa shape index (κ1) is 16.5. The molecule has 1 aromatic carbocycles. The maximum atomic E-state index is 12.0. The molecule has 20 heavy (non-hydrogen) atoms. The molecule has 4 heteroatoms. The van der Waals surface area contributed by atoms with Gasteiger partial charge in [0.2, 0.25) is 5.91 Å². The predicted octanol–water partition coefficient (Wildman–Crippen LogP) is 2.40. The summed E-state index contributed by atoms with van der Waals surface area (Å²) >= 11 is 0. The number of hydrogen-bond acceptors (Lipinski definition) is 3. The molecular formula is C16H26N2O2. The lowest BCUT2D eigenvalue weighted by Gasteiger charge is -2.25. The average molecular weight is 278 g/mol. The van der Waals surface area contributed by atoms with Crippen LogP contribution in [0.5, 0.6) is 5.75 Å². The molecule has 0 aliphatic rings. The zero-order chi connectivity index (χ0) is 15.2. The third-order valence-electron chi connectivity index (χ3n) is 3.16. The summed E-state index contributed by atoms with van der Waals surface area (Å²) in [5.41, 5.74) is 6.33. The Bertz CT molecular complexity index is 444. The fourth-order valence-electron chi connectivity index (χ4n) is 1.99. The van der Waals surface area contributed by atoms with E-state index >= 15 is 0 Å². The molecule has 0 saturated heterocycles. The molecule has 0 saturated carbocycles. The maximum absolute atomic E-state index is 12.0. The van der Waals surface area contributed by atoms with Crippen molar-refractivity contribution in [2.75, 3.05) is 6.61 Å². The zero-order valence-corrected chi connectivity index (χ0v) is 12.9. The van der Waals surface area contributed by atoms with Crippen molar-refractivity contribution in [3.05, 3.63) is 29.8 Å². The summed E-state index contributed by atoms with van der Waals surface area (Å²) in [5.74, 6) is 0.690. The fraction of sp³-hybridized carbons (Fsp3) is 0.562. The molecular weight excluding hydrogens is 252 g/mol. The van der Waals surface area contributed by atoms with Crippen molar-refractivity contribution in [1.82, 2.24) is 5.32 Å². The molecule has 2 atom stereocenters. The molecule has 0 bridgehead atoms. The second kappa shape index (κ2) is 7.29. The Morgan fingerprint density at radius 3 is 2.80 bits per heavy atom. The van der Waals surface area contributed by atoms with Crippen molar-refractivity contribution in [3.63, 3.8) is 0 Å². The standard InChI is InChI=1S/C16H26N2O2/c1-5-9-16(4,17)15(19)18-13(3)11-20-14-8-6-7-12(2)10-14/h6-8,10,13H,5,9,11,17H2,1-4H3,(H,18,19). The number of benzene rings is 1. The largest absolute Gasteiger partial charge is 0.491 e. The molecule has 0 heterocycles. The third kappa shape index (κ3) is 5.21. The highest BCUT2D eigenvalue weighted by atomic mass is 16.5. The predicted molar refractivity (Wildman–Crippen MR) is 81.8 cm³/mol. The van der Waals surface area contributed by atoms with Crippen molar-refractivity contribution < 1.29 is 9.53 Å². The van der Waals surface area contributed by atoms with Crippen LogP contribution in [0.2, 0.25) is 0 Å². The molecule has 112 valence electrons. The molecule has 0 fully saturated rings. The van der Waals surface area contributed by atoms with Gasteiger partial charge in [-0.2, -0.15) is 0 Å². The molecule has 0 spiro atoms. The van der Waals surface area contributed by atoms with E-state index < -0.39 is 5.54 Å². The summed E-state index contributed by atoms with van der Waals surface area (Å²) in [5, 5.41) is 2.90. The first-order valence-corrected chi connectivity index (χ1v) is 7.14. The summed E-state index contributed by atoms with van der Waals surface area (Å²) in [7, 11) is 0. The van der Waals surface area contributed by atoms with Crippen LogP contribution in [0.3, 0.4) is 0 Å². The minimum Gasteiger partial charge on any atom is -0.491 e. The van der Waals surface area contributed by atoms with Crippen LogP contribution in [0.25, 0.3) is 0 Å². The average Bonchev–Trinajstić information content (AvgIpc) is 2.36. The molecule has 0 aliphatic carbocycles. The smallest absolute Gasteiger partial charge is 0.240 e. The van der Waals surface area contributed by atoms with E-state index in [0.29, 0.717) is 13.0 Å². The lowest BCUT2D eigenvalue weighted by molar-refractivity contribution is -0.126. The van der Waals surface area contributed by atoms with Crippen LogP contribution in [0.1, 0.15) is 39.2 Å². The van der Waals surface area contributed by atoms with Crippen molar-refractivity contribution in [1.29, 1.82) is 0 Å². The Kier molecular flexibility index (Phi) is 6.02. The van der Waals surface area contributed by atoms with Gasteiger partial charge in [-0.25, -0.2) is 0 Å². The van der Waals surface area contributed by atoms with E-state index in [4.69, 9.17) is 10.5 Å². The summed E-state index contributed by atoms with van der Waals surface area (Å²) in [6.07, 6.45) is 1.55. The van der Waals surface area contributed by atoms with Crippen molar-refractivity contribution in [3.8, 4) is 5.75 Å². The quantitative estimate of drug-likeness (QED) is 0.805. The topological polar surface area (TPSA) is 64.4 Å². The zero-order valence-electron chi connectivity index (χ0n) is 12.9. The Morgan fingerprint density at radius 1 is 1.50 bits per heavy atom. The Labute approximate surface area is 121 Å². The van der Waals surface area contributed by atoms with Crippen LogP contribution >= 0.6 is 0 Å². The summed E-state index contributed by atoms with van der Waals surface area (Å²) < 4.78 is 5.67. The van der Waals surface area contributed by atoms with Gasteiger partial charge in [0, 0.05) is 0 Å². The number of nitrogens with one attached hydrogen (secondary N) is 1. The molecule has 1 rings (SSSR count). The minimum absolute atomic E-state index is 0.0808. The molecule has 2 unspecified atom stereocenters. The number of hydrogen-bond donors (Lipinski definition) is 2. The summed E-state index contributed by atoms with van der Waals surface area (Å²) in [6, 6.07) is 7.77. The van der Waals surface area contributed by atoms with Crippen molar-refractivity contribution in [2.24, 2.45) is 5.73 Å². The summed E-state index contributed by atoms with van der Waals surface area (Å²) in [6.45, 7) is 8.14. The van der Waals surface area contributed by atoms with Gasteiger partial charge in [0.15, 0.2) is 0 Å². The first-order chi connectivity index (χ1) is 9.35. The molecule has 4 nitrogen and oxygen atoms in total. The second-order valence-electron chi connectivity index (χ2n) is 5.67. The lowest BCUT2D eigenvalue weighted by atomic mass is 9.96. The van der Waals surface area contributed by atoms with Crippen LogP contribution in [0.15, 0.2) is 24.3 Å². The second-order valence-corrected chi connectivity index (χ2v) is 5.67. The number of amides is 1. The highest BCUT2D eigenvalue weighted by Crippen LogP contribution is 2.13. The number of aryl methyl sites for hydroxylation is 1. The van der Waals surface area contributed by atoms with Crippen molar-refractivity contribution >= 4 is 5.91 Å². The van der Waals surface area contributed by atoms with Crippen LogP contribution in [-0.2, 0) is 4.79 Å². The van der Waals surface area contributed by atoms with Gasteiger partial charge in [0.1, 0.15) is 12.4 Å². The van der Waals surface area contributed by atoms with Crippen LogP contribution in [0, 0.1) is 6.92 Å². The van der Waals surface area contributed by atoms with Gasteiger partial charge in [0.05, 0.1) is 11.6 Å². The Balaban J connectivity index is 2.44. The highest BCUT2D eigenvalue weighted by Gasteiger charge is 2.28. The Hall–Kier alpha value is -1.55. The molecule has 0 radical (unpaired) electrons. The van der Waals surface area contributed by atoms with Crippen LogP contribution < -0.4 is 15.8 Å². The van der Waals surface area contributed by atoms with Gasteiger partial charge < -0.3 is 15.8 Å². The van der Waals surface area contributed by atoms with Crippen LogP contribution in [0.4, 0.5) is 0 Å². The van der Waals surface area contributed by atoms with Gasteiger partial charge in [-0.15, -0.1) is 0 Å². The first-order valence-electron chi connectivity index (χ1n) is 7.14. The van der Waals surface area contributed by atoms with E-state index in [1.54, 1.807) is 6.92 Å². The maximum Gasteiger partial charge on any atom is 0.240 e. The SMILES string of the molecule is CCCC(C)(N)C(=O)NC(C)COc1cccc(C)c1. The van der Waals surface area contributed by atoms with Gasteiger partial charge in [0.25, 0.3) is 0 Å². The lowest BCUT2D eigenvalue weighted by Crippen LogP contribution is -2.54. The van der Waals surface area contributed by atoms with E-state index in [0.717, 1.165) is 17.7 Å². The van der Waals surface area contributed by atoms with E-state index in [9.17, 15) is 4.79 Å². The number of ether oxygens (including phenoxy) is 1. The normalized spacial score (nSPS) is 15.2. The van der Waals surface area contributed by atoms with E-state index in [1.165, 1.54) is 0 Å². The molecule has 1 aromatic rings. The van der Waals surface area contributed by atoms with E-state index in [2.05, 4.69) is 5.32 Å². The van der Waals surface area contributed by atoms with Gasteiger partial charge in [-0.3, -0.25) is 4.79 Å². The van der Waals surface area contributed by atoms with Gasteiger partial charge in [-0.05, 0) is 44.9 Å². The van der Waals surface area contributed by atoms with Crippen molar-refractivity contribution in [2.45, 2.75) is 52.1 Å². The monoisotopic (exact) mass is 278 g/mol. The highest BCUT2D eigenvalue weighted by molar-refractivity contribution is 5.85. The number of nitrogens with two attached hydrogens (primary N) is 1. The molecule has 0 aliphatic heterocycles. The van der Waals surface area contributed by atoms with Crippen LogP contribution in [-0.4, -0.2) is 24.1 Å². The van der Waals surface area contributed by atoms with E-state index in [1.807, 2.05) is 45.0 Å². The molecule has 1 amide bonds. The number of carbonyl (C=O) groups is 1. The minimum atomic E-state index is -0.813. The fourth-order valence-corrected chi connectivity index (χ4v) is 1.99. The Morgan fingerprint density at radius 2 is 2.20 bits per heavy atom. The van der Waals surface area contributed by atoms with E-state index in [-0.39, 0.29) is 11.9 Å². The number of rotatable bonds is 7. The molecule has 3 N–H and O–H groups in total. The molecule has 0 aromatic heterocycles. The summed E-state index contributed by atoms with van der Waals surface area (Å²) in [4.78, 5) is 12.0. The third-order valence-corrected chi connectivity index (χ3v) is 3.16. The van der Waals surface area contributed by atoms with Gasteiger partial charge in [-0.1, -0.05) is 25.5 Å². The van der Waals surface area contributed by atoms with Gasteiger partial charge >= 0.3 is 0 Å².